The van der Waals surface area contributed by atoms with E-state index in [0.29, 0.717) is 11.5 Å². The Hall–Kier alpha value is -2.18. The van der Waals surface area contributed by atoms with Crippen molar-refractivity contribution in [1.29, 1.82) is 0 Å². The zero-order chi connectivity index (χ0) is 15.1. The van der Waals surface area contributed by atoms with Gasteiger partial charge in [-0.05, 0) is 30.7 Å². The van der Waals surface area contributed by atoms with Gasteiger partial charge in [0, 0.05) is 36.5 Å². The van der Waals surface area contributed by atoms with Crippen LogP contribution >= 0.6 is 0 Å². The molecule has 2 fully saturated rings. The topological polar surface area (TPSA) is 82.2 Å². The minimum Gasteiger partial charge on any atom is -0.376 e. The molecule has 1 amide bonds. The summed E-state index contributed by atoms with van der Waals surface area (Å²) < 4.78 is 7.37. The molecule has 1 aromatic heterocycles. The van der Waals surface area contributed by atoms with Gasteiger partial charge in [0.25, 0.3) is 5.91 Å². The number of nitrogens with one attached hydrogen (secondary N) is 1. The second kappa shape index (κ2) is 5.23. The highest BCUT2D eigenvalue weighted by molar-refractivity contribution is 5.95. The van der Waals surface area contributed by atoms with Crippen molar-refractivity contribution < 1.29 is 9.53 Å². The molecular weight excluding hydrogens is 280 g/mol. The largest absolute Gasteiger partial charge is 0.376 e. The number of carbonyl (C=O) groups excluding carboxylic acids is 1. The van der Waals surface area contributed by atoms with Crippen molar-refractivity contribution in [2.75, 3.05) is 6.61 Å². The maximum atomic E-state index is 12.5. The number of hydrogen-bond acceptors (Lipinski definition) is 4. The summed E-state index contributed by atoms with van der Waals surface area (Å²) in [7, 11) is 0. The Bertz CT molecular complexity index is 685. The normalized spacial score (nSPS) is 29.7. The van der Waals surface area contributed by atoms with E-state index in [4.69, 9.17) is 10.5 Å². The van der Waals surface area contributed by atoms with E-state index in [2.05, 4.69) is 10.4 Å². The average Bonchev–Trinajstić information content (AvgIpc) is 3.22. The van der Waals surface area contributed by atoms with Crippen LogP contribution in [0.15, 0.2) is 42.7 Å². The van der Waals surface area contributed by atoms with Crippen LogP contribution in [0, 0.1) is 5.92 Å². The minimum atomic E-state index is -0.122. The Morgan fingerprint density at radius 3 is 3.14 bits per heavy atom. The molecule has 2 heterocycles. The summed E-state index contributed by atoms with van der Waals surface area (Å²) in [6, 6.07) is 9.12. The van der Waals surface area contributed by atoms with Crippen molar-refractivity contribution in [3.05, 3.63) is 48.3 Å². The summed E-state index contributed by atoms with van der Waals surface area (Å²) in [5, 5.41) is 7.18. The van der Waals surface area contributed by atoms with E-state index < -0.39 is 0 Å². The van der Waals surface area contributed by atoms with Gasteiger partial charge in [-0.15, -0.1) is 0 Å². The highest BCUT2D eigenvalue weighted by Gasteiger charge is 2.52. The maximum Gasteiger partial charge on any atom is 0.251 e. The van der Waals surface area contributed by atoms with Gasteiger partial charge >= 0.3 is 0 Å². The number of aromatic nitrogens is 2. The predicted molar refractivity (Wildman–Crippen MR) is 80.6 cm³/mol. The summed E-state index contributed by atoms with van der Waals surface area (Å²) >= 11 is 0. The zero-order valence-corrected chi connectivity index (χ0v) is 12.1. The molecule has 1 saturated heterocycles. The van der Waals surface area contributed by atoms with E-state index in [9.17, 15) is 4.79 Å². The van der Waals surface area contributed by atoms with Gasteiger partial charge in [-0.3, -0.25) is 4.79 Å². The molecule has 4 atom stereocenters. The van der Waals surface area contributed by atoms with Gasteiger partial charge in [0.2, 0.25) is 0 Å². The smallest absolute Gasteiger partial charge is 0.251 e. The molecule has 6 nitrogen and oxygen atoms in total. The molecule has 2 aliphatic rings. The first-order valence-electron chi connectivity index (χ1n) is 7.52. The summed E-state index contributed by atoms with van der Waals surface area (Å²) in [4.78, 5) is 12.5. The fourth-order valence-corrected chi connectivity index (χ4v) is 3.37. The van der Waals surface area contributed by atoms with Crippen molar-refractivity contribution in [2.24, 2.45) is 11.7 Å². The molecule has 3 N–H and O–H groups in total. The van der Waals surface area contributed by atoms with Crippen LogP contribution in [0.2, 0.25) is 0 Å². The number of nitrogens with two attached hydrogens (primary N) is 1. The third-order valence-electron chi connectivity index (χ3n) is 4.62. The lowest BCUT2D eigenvalue weighted by molar-refractivity contribution is -0.0161. The number of ether oxygens (including phenoxy) is 1. The van der Waals surface area contributed by atoms with Crippen LogP contribution in [0.4, 0.5) is 0 Å². The van der Waals surface area contributed by atoms with Gasteiger partial charge in [-0.2, -0.15) is 5.10 Å². The van der Waals surface area contributed by atoms with E-state index in [-0.39, 0.29) is 24.1 Å². The fourth-order valence-electron chi connectivity index (χ4n) is 3.37. The lowest BCUT2D eigenvalue weighted by Crippen LogP contribution is -2.68. The van der Waals surface area contributed by atoms with Crippen molar-refractivity contribution in [2.45, 2.75) is 24.6 Å². The lowest BCUT2D eigenvalue weighted by Gasteiger charge is -2.45. The van der Waals surface area contributed by atoms with Crippen LogP contribution in [0.5, 0.6) is 0 Å². The van der Waals surface area contributed by atoms with Crippen LogP contribution in [-0.4, -0.2) is 40.5 Å². The van der Waals surface area contributed by atoms with Gasteiger partial charge in [0.05, 0.1) is 17.8 Å². The highest BCUT2D eigenvalue weighted by Crippen LogP contribution is 2.37. The second-order valence-electron chi connectivity index (χ2n) is 5.87. The molecular formula is C16H18N4O2. The SMILES string of the molecule is N[C@H]1[C@H]2CCO[C@H]2[C@@H]1NC(=O)c1cccc(-n2cccn2)c1. The van der Waals surface area contributed by atoms with Crippen molar-refractivity contribution in [1.82, 2.24) is 15.1 Å². The van der Waals surface area contributed by atoms with Crippen LogP contribution in [0.1, 0.15) is 16.8 Å². The highest BCUT2D eigenvalue weighted by atomic mass is 16.5. The maximum absolute atomic E-state index is 12.5. The number of rotatable bonds is 3. The summed E-state index contributed by atoms with van der Waals surface area (Å²) in [6.45, 7) is 0.740. The first-order chi connectivity index (χ1) is 10.7. The first kappa shape index (κ1) is 13.5. The van der Waals surface area contributed by atoms with Crippen LogP contribution < -0.4 is 11.1 Å². The van der Waals surface area contributed by atoms with Crippen LogP contribution in [0.3, 0.4) is 0 Å². The third-order valence-corrected chi connectivity index (χ3v) is 4.62. The summed E-state index contributed by atoms with van der Waals surface area (Å²) in [5.74, 6) is 0.268. The van der Waals surface area contributed by atoms with Gasteiger partial charge < -0.3 is 15.8 Å². The Kier molecular flexibility index (Phi) is 3.20. The fraction of sp³-hybridized carbons (Fsp3) is 0.375. The summed E-state index contributed by atoms with van der Waals surface area (Å²) in [6.07, 6.45) is 4.62. The summed E-state index contributed by atoms with van der Waals surface area (Å²) in [5.41, 5.74) is 7.58. The molecule has 2 aromatic rings. The Morgan fingerprint density at radius 1 is 1.41 bits per heavy atom. The number of nitrogens with zero attached hydrogens (tertiary/aromatic N) is 2. The van der Waals surface area contributed by atoms with E-state index in [1.54, 1.807) is 16.9 Å². The van der Waals surface area contributed by atoms with E-state index >= 15 is 0 Å². The molecule has 6 heteroatoms. The quantitative estimate of drug-likeness (QED) is 0.874. The van der Waals surface area contributed by atoms with Gasteiger partial charge in [0.15, 0.2) is 0 Å². The zero-order valence-electron chi connectivity index (χ0n) is 12.1. The molecule has 0 unspecified atom stereocenters. The molecule has 1 aromatic carbocycles. The Labute approximate surface area is 128 Å². The number of hydrogen-bond donors (Lipinski definition) is 2. The molecule has 1 aliphatic carbocycles. The second-order valence-corrected chi connectivity index (χ2v) is 5.87. The molecule has 22 heavy (non-hydrogen) atoms. The molecule has 1 saturated carbocycles. The van der Waals surface area contributed by atoms with Crippen LogP contribution in [-0.2, 0) is 4.74 Å². The molecule has 1 aliphatic heterocycles. The minimum absolute atomic E-state index is 0.00857. The van der Waals surface area contributed by atoms with Crippen LogP contribution in [0.25, 0.3) is 5.69 Å². The first-order valence-corrected chi connectivity index (χ1v) is 7.52. The molecule has 0 radical (unpaired) electrons. The predicted octanol–water partition coefficient (Wildman–Crippen LogP) is 0.717. The third kappa shape index (κ3) is 2.12. The molecule has 114 valence electrons. The Morgan fingerprint density at radius 2 is 2.32 bits per heavy atom. The molecule has 0 bridgehead atoms. The van der Waals surface area contributed by atoms with Gasteiger partial charge in [0.1, 0.15) is 0 Å². The van der Waals surface area contributed by atoms with E-state index in [0.717, 1.165) is 18.7 Å². The van der Waals surface area contributed by atoms with E-state index in [1.807, 2.05) is 30.5 Å². The van der Waals surface area contributed by atoms with Crippen molar-refractivity contribution >= 4 is 5.91 Å². The average molecular weight is 298 g/mol. The Balaban J connectivity index is 1.50. The molecule has 4 rings (SSSR count). The van der Waals surface area contributed by atoms with Gasteiger partial charge in [-0.25, -0.2) is 4.68 Å². The number of carbonyl (C=O) groups is 1. The number of benzene rings is 1. The monoisotopic (exact) mass is 298 g/mol. The standard InChI is InChI=1S/C16H18N4O2/c17-13-12-5-8-22-15(12)14(13)19-16(21)10-3-1-4-11(9-10)20-7-2-6-18-20/h1-4,6-7,9,12-15H,5,8,17H2,(H,19,21)/t12-,13+,14-,15-/m1/s1. The van der Waals surface area contributed by atoms with Gasteiger partial charge in [-0.1, -0.05) is 6.07 Å². The molecule has 0 spiro atoms. The lowest BCUT2D eigenvalue weighted by atomic mass is 9.72. The number of fused-ring (bicyclic) bond motifs is 1. The number of amides is 1. The van der Waals surface area contributed by atoms with Crippen molar-refractivity contribution in [3.8, 4) is 5.69 Å². The van der Waals surface area contributed by atoms with E-state index in [1.165, 1.54) is 0 Å². The van der Waals surface area contributed by atoms with Crippen molar-refractivity contribution in [3.63, 3.8) is 0 Å².